The lowest BCUT2D eigenvalue weighted by Gasteiger charge is -2.34. The third-order valence-electron chi connectivity index (χ3n) is 10.6. The van der Waals surface area contributed by atoms with Gasteiger partial charge in [-0.2, -0.15) is 0 Å². The molecule has 0 aromatic carbocycles. The van der Waals surface area contributed by atoms with Gasteiger partial charge in [-0.05, 0) is 76.1 Å². The molecule has 242 valence electrons. The highest BCUT2D eigenvalue weighted by Gasteiger charge is 2.49. The minimum atomic E-state index is -2.75. The molecular formula is C34H39F2N7O3. The molecule has 2 bridgehead atoms. The zero-order chi connectivity index (χ0) is 32.1. The zero-order valence-corrected chi connectivity index (χ0v) is 26.3. The van der Waals surface area contributed by atoms with E-state index in [0.717, 1.165) is 66.8 Å². The number of fused-ring (bicyclic) bond motifs is 4. The van der Waals surface area contributed by atoms with Crippen molar-refractivity contribution < 1.29 is 23.1 Å². The molecule has 2 aliphatic carbocycles. The molecule has 2 saturated carbocycles. The molecule has 2 saturated heterocycles. The Labute approximate surface area is 265 Å². The van der Waals surface area contributed by atoms with Crippen LogP contribution in [-0.4, -0.2) is 66.8 Å². The average Bonchev–Trinajstić information content (AvgIpc) is 3.33. The molecule has 4 aliphatic rings. The van der Waals surface area contributed by atoms with Crippen LogP contribution in [0.25, 0.3) is 28.1 Å². The van der Waals surface area contributed by atoms with Crippen LogP contribution in [0.5, 0.6) is 5.88 Å². The van der Waals surface area contributed by atoms with E-state index >= 15 is 0 Å². The molecule has 10 nitrogen and oxygen atoms in total. The summed E-state index contributed by atoms with van der Waals surface area (Å²) in [5.41, 5.74) is 11.5. The summed E-state index contributed by atoms with van der Waals surface area (Å²) in [6.07, 6.45) is 4.24. The van der Waals surface area contributed by atoms with Gasteiger partial charge in [0.05, 0.1) is 30.2 Å². The van der Waals surface area contributed by atoms with Crippen molar-refractivity contribution in [2.45, 2.75) is 95.4 Å². The fourth-order valence-corrected chi connectivity index (χ4v) is 7.87. The van der Waals surface area contributed by atoms with Gasteiger partial charge in [0.25, 0.3) is 5.91 Å². The number of amides is 2. The number of hydrogen-bond acceptors (Lipinski definition) is 6. The largest absolute Gasteiger partial charge is 0.482 e. The lowest BCUT2D eigenvalue weighted by Crippen LogP contribution is -2.45. The van der Waals surface area contributed by atoms with Gasteiger partial charge in [0.15, 0.2) is 5.88 Å². The van der Waals surface area contributed by atoms with Gasteiger partial charge in [0.2, 0.25) is 11.8 Å². The first-order valence-electron chi connectivity index (χ1n) is 16.4. The minimum Gasteiger partial charge on any atom is -0.482 e. The fraction of sp³-hybridized carbons (Fsp3) is 0.529. The second kappa shape index (κ2) is 10.5. The number of nitrogens with two attached hydrogens (primary N) is 1. The zero-order valence-electron chi connectivity index (χ0n) is 26.3. The summed E-state index contributed by atoms with van der Waals surface area (Å²) in [5, 5.41) is 3.83. The van der Waals surface area contributed by atoms with Crippen LogP contribution in [0.2, 0.25) is 0 Å². The van der Waals surface area contributed by atoms with Crippen LogP contribution in [0, 0.1) is 18.8 Å². The van der Waals surface area contributed by atoms with E-state index in [1.807, 2.05) is 41.3 Å². The molecule has 0 radical (unpaired) electrons. The van der Waals surface area contributed by atoms with E-state index in [1.165, 1.54) is 0 Å². The Morgan fingerprint density at radius 3 is 2.57 bits per heavy atom. The number of rotatable bonds is 8. The molecule has 46 heavy (non-hydrogen) atoms. The van der Waals surface area contributed by atoms with Gasteiger partial charge in [-0.25, -0.2) is 18.7 Å². The predicted molar refractivity (Wildman–Crippen MR) is 168 cm³/mol. The predicted octanol–water partition coefficient (Wildman–Crippen LogP) is 5.00. The van der Waals surface area contributed by atoms with Gasteiger partial charge in [-0.3, -0.25) is 14.0 Å². The highest BCUT2D eigenvalue weighted by atomic mass is 19.3. The molecule has 6 heterocycles. The van der Waals surface area contributed by atoms with E-state index in [-0.39, 0.29) is 29.9 Å². The Morgan fingerprint density at radius 2 is 1.91 bits per heavy atom. The minimum absolute atomic E-state index is 0.0196. The number of methoxy groups -OCH3 is 1. The number of hydrogen-bond donors (Lipinski definition) is 2. The maximum atomic E-state index is 13.8. The molecule has 4 atom stereocenters. The van der Waals surface area contributed by atoms with Crippen molar-refractivity contribution >= 4 is 28.5 Å². The van der Waals surface area contributed by atoms with E-state index < -0.39 is 30.7 Å². The first-order chi connectivity index (χ1) is 22.0. The second-order valence-corrected chi connectivity index (χ2v) is 13.9. The van der Waals surface area contributed by atoms with Gasteiger partial charge in [-0.1, -0.05) is 0 Å². The highest BCUT2D eigenvalue weighted by Crippen LogP contribution is 2.43. The number of aromatic nitrogens is 4. The average molecular weight is 632 g/mol. The maximum Gasteiger partial charge on any atom is 0.254 e. The van der Waals surface area contributed by atoms with Gasteiger partial charge in [0, 0.05) is 60.4 Å². The summed E-state index contributed by atoms with van der Waals surface area (Å²) >= 11 is 0. The third-order valence-corrected chi connectivity index (χ3v) is 10.6. The number of imidazole rings is 1. The number of halogens is 2. The maximum absolute atomic E-state index is 13.8. The van der Waals surface area contributed by atoms with Crippen LogP contribution in [-0.2, 0) is 11.3 Å². The summed E-state index contributed by atoms with van der Waals surface area (Å²) in [7, 11) is 1.60. The quantitative estimate of drug-likeness (QED) is 0.282. The number of pyridine rings is 2. The molecule has 0 unspecified atom stereocenters. The number of carbonyl (C=O) groups is 2. The van der Waals surface area contributed by atoms with Crippen molar-refractivity contribution in [2.24, 2.45) is 17.6 Å². The number of alkyl halides is 2. The summed E-state index contributed by atoms with van der Waals surface area (Å²) in [4.78, 5) is 38.4. The molecule has 4 aromatic rings. The SMILES string of the molecule is COc1cc(C(=O)N2[C@H]3CC[C@@H]2[C@H](N)C3)cc2nc(-c3cc4ccc([C@@H](C)NC(=O)C5CC(F)(F)C5)nc4n3CC3CC3)c(C)n12. The van der Waals surface area contributed by atoms with Crippen molar-refractivity contribution in [2.75, 3.05) is 7.11 Å². The third kappa shape index (κ3) is 4.75. The Bertz CT molecular complexity index is 1890. The van der Waals surface area contributed by atoms with Crippen LogP contribution in [0.1, 0.15) is 79.7 Å². The van der Waals surface area contributed by atoms with Crippen molar-refractivity contribution in [1.82, 2.24) is 29.2 Å². The molecule has 4 fully saturated rings. The standard InChI is InChI=1S/C34H39F2N7O3/c1-17(38-32(44)22-14-34(35,36)15-22)25-8-6-20-10-27(41(31(20)39-25)16-19-4-5-19)30-18(2)42-28(40-30)11-21(12-29(42)46-3)33(45)43-23-7-9-26(43)24(37)13-23/h6,8,10-12,17,19,22-24,26H,4-5,7,9,13-16,37H2,1-3H3,(H,38,44)/t17-,23+,24-,26-/m1/s1. The van der Waals surface area contributed by atoms with Crippen molar-refractivity contribution in [3.05, 3.63) is 47.3 Å². The highest BCUT2D eigenvalue weighted by molar-refractivity contribution is 5.97. The summed E-state index contributed by atoms with van der Waals surface area (Å²) in [5.74, 6) is -2.73. The lowest BCUT2D eigenvalue weighted by molar-refractivity contribution is -0.150. The van der Waals surface area contributed by atoms with E-state index in [2.05, 4.69) is 16.0 Å². The molecule has 0 spiro atoms. The first kappa shape index (κ1) is 29.3. The lowest BCUT2D eigenvalue weighted by atomic mass is 9.80. The molecular weight excluding hydrogens is 592 g/mol. The number of ether oxygens (including phenoxy) is 1. The van der Waals surface area contributed by atoms with E-state index in [4.69, 9.17) is 20.4 Å². The Balaban J connectivity index is 1.15. The summed E-state index contributed by atoms with van der Waals surface area (Å²) < 4.78 is 36.7. The van der Waals surface area contributed by atoms with E-state index in [9.17, 15) is 18.4 Å². The first-order valence-corrected chi connectivity index (χ1v) is 16.4. The van der Waals surface area contributed by atoms with Crippen LogP contribution in [0.4, 0.5) is 8.78 Å². The molecule has 3 N–H and O–H groups in total. The monoisotopic (exact) mass is 631 g/mol. The smallest absolute Gasteiger partial charge is 0.254 e. The van der Waals surface area contributed by atoms with E-state index in [0.29, 0.717) is 28.7 Å². The molecule has 8 rings (SSSR count). The molecule has 2 amide bonds. The summed E-state index contributed by atoms with van der Waals surface area (Å²) in [6, 6.07) is 9.44. The Kier molecular flexibility index (Phi) is 6.69. The number of carbonyl (C=O) groups excluding carboxylic acids is 2. The summed E-state index contributed by atoms with van der Waals surface area (Å²) in [6.45, 7) is 4.61. The Hall–Kier alpha value is -4.06. The number of nitrogens with zero attached hydrogens (tertiary/aromatic N) is 5. The van der Waals surface area contributed by atoms with Gasteiger partial charge < -0.3 is 25.3 Å². The molecule has 12 heteroatoms. The second-order valence-electron chi connectivity index (χ2n) is 13.9. The topological polar surface area (TPSA) is 120 Å². The number of nitrogens with one attached hydrogen (secondary N) is 1. The van der Waals surface area contributed by atoms with Crippen molar-refractivity contribution in [1.29, 1.82) is 0 Å². The van der Waals surface area contributed by atoms with Crippen LogP contribution in [0.15, 0.2) is 30.3 Å². The molecule has 4 aromatic heterocycles. The Morgan fingerprint density at radius 1 is 1.13 bits per heavy atom. The molecule has 2 aliphatic heterocycles. The van der Waals surface area contributed by atoms with Crippen molar-refractivity contribution in [3.8, 4) is 17.3 Å². The van der Waals surface area contributed by atoms with Gasteiger partial charge >= 0.3 is 0 Å². The number of aryl methyl sites for hydroxylation is 1. The van der Waals surface area contributed by atoms with Crippen LogP contribution >= 0.6 is 0 Å². The van der Waals surface area contributed by atoms with Crippen LogP contribution in [0.3, 0.4) is 0 Å². The van der Waals surface area contributed by atoms with E-state index in [1.54, 1.807) is 13.2 Å². The normalized spacial score (nSPS) is 24.5. The fourth-order valence-electron chi connectivity index (χ4n) is 7.87. The van der Waals surface area contributed by atoms with Gasteiger partial charge in [-0.15, -0.1) is 0 Å². The van der Waals surface area contributed by atoms with Crippen molar-refractivity contribution in [3.63, 3.8) is 0 Å². The van der Waals surface area contributed by atoms with Gasteiger partial charge in [0.1, 0.15) is 17.0 Å². The van der Waals surface area contributed by atoms with Crippen LogP contribution < -0.4 is 15.8 Å².